The van der Waals surface area contributed by atoms with E-state index in [1.165, 1.54) is 0 Å². The second kappa shape index (κ2) is 4.47. The predicted molar refractivity (Wildman–Crippen MR) is 66.1 cm³/mol. The summed E-state index contributed by atoms with van der Waals surface area (Å²) in [5.74, 6) is -0.752. The van der Waals surface area contributed by atoms with Gasteiger partial charge in [0.15, 0.2) is 5.79 Å². The van der Waals surface area contributed by atoms with Crippen molar-refractivity contribution in [2.45, 2.75) is 70.7 Å². The quantitative estimate of drug-likeness (QED) is 0.754. The van der Waals surface area contributed by atoms with Crippen molar-refractivity contribution in [3.8, 4) is 0 Å². The zero-order chi connectivity index (χ0) is 13.6. The molecular weight excluding hydrogens is 234 g/mol. The zero-order valence-corrected chi connectivity index (χ0v) is 11.8. The number of rotatable bonds is 2. The van der Waals surface area contributed by atoms with Gasteiger partial charge in [0, 0.05) is 12.6 Å². The highest BCUT2D eigenvalue weighted by Gasteiger charge is 2.49. The summed E-state index contributed by atoms with van der Waals surface area (Å²) >= 11 is 0. The number of nitrogens with one attached hydrogen (secondary N) is 1. The van der Waals surface area contributed by atoms with Crippen molar-refractivity contribution in [1.82, 2.24) is 5.32 Å². The second-order valence-electron chi connectivity index (χ2n) is 6.44. The van der Waals surface area contributed by atoms with Crippen molar-refractivity contribution in [2.75, 3.05) is 6.54 Å². The van der Waals surface area contributed by atoms with Crippen LogP contribution in [0.2, 0.25) is 0 Å². The first-order valence-corrected chi connectivity index (χ1v) is 6.47. The van der Waals surface area contributed by atoms with E-state index in [0.717, 1.165) is 6.54 Å². The van der Waals surface area contributed by atoms with Gasteiger partial charge in [0.1, 0.15) is 17.8 Å². The standard InChI is InChI=1S/C13H23NO4/c1-12(2,3)17-10(15)6-8-11-9(7-14-8)16-13(4,5)18-11/h8-9,11,14H,6-7H2,1-5H3. The number of carbonyl (C=O) groups excluding carboxylic acids is 1. The van der Waals surface area contributed by atoms with Gasteiger partial charge in [-0.2, -0.15) is 0 Å². The van der Waals surface area contributed by atoms with Gasteiger partial charge in [0.2, 0.25) is 0 Å². The highest BCUT2D eigenvalue weighted by molar-refractivity contribution is 5.70. The van der Waals surface area contributed by atoms with E-state index in [2.05, 4.69) is 5.32 Å². The molecule has 5 nitrogen and oxygen atoms in total. The van der Waals surface area contributed by atoms with Crippen LogP contribution in [0.5, 0.6) is 0 Å². The van der Waals surface area contributed by atoms with Crippen LogP contribution in [-0.2, 0) is 19.0 Å². The van der Waals surface area contributed by atoms with E-state index in [1.807, 2.05) is 34.6 Å². The molecule has 18 heavy (non-hydrogen) atoms. The van der Waals surface area contributed by atoms with Crippen molar-refractivity contribution >= 4 is 5.97 Å². The Bertz CT molecular complexity index is 334. The average Bonchev–Trinajstić information content (AvgIpc) is 2.60. The minimum atomic E-state index is -0.552. The molecule has 0 aromatic rings. The van der Waals surface area contributed by atoms with E-state index in [4.69, 9.17) is 14.2 Å². The number of fused-ring (bicyclic) bond motifs is 1. The summed E-state index contributed by atoms with van der Waals surface area (Å²) in [6, 6.07) is -0.0216. The summed E-state index contributed by atoms with van der Waals surface area (Å²) in [6.07, 6.45) is 0.290. The fourth-order valence-electron chi connectivity index (χ4n) is 2.50. The van der Waals surface area contributed by atoms with E-state index in [-0.39, 0.29) is 24.2 Å². The van der Waals surface area contributed by atoms with Gasteiger partial charge in [0.05, 0.1) is 6.42 Å². The largest absolute Gasteiger partial charge is 0.460 e. The van der Waals surface area contributed by atoms with Crippen molar-refractivity contribution in [2.24, 2.45) is 0 Å². The van der Waals surface area contributed by atoms with Crippen LogP contribution in [0.1, 0.15) is 41.0 Å². The summed E-state index contributed by atoms with van der Waals surface area (Å²) in [5, 5.41) is 3.26. The molecule has 0 amide bonds. The molecule has 0 aromatic carbocycles. The molecule has 3 unspecified atom stereocenters. The first kappa shape index (κ1) is 13.8. The highest BCUT2D eigenvalue weighted by Crippen LogP contribution is 2.33. The Hall–Kier alpha value is -0.650. The highest BCUT2D eigenvalue weighted by atomic mass is 16.8. The molecule has 2 rings (SSSR count). The average molecular weight is 257 g/mol. The Morgan fingerprint density at radius 1 is 1.39 bits per heavy atom. The molecule has 2 fully saturated rings. The van der Waals surface area contributed by atoms with Gasteiger partial charge < -0.3 is 19.5 Å². The van der Waals surface area contributed by atoms with E-state index in [1.54, 1.807) is 0 Å². The van der Waals surface area contributed by atoms with Crippen LogP contribution in [0.15, 0.2) is 0 Å². The summed E-state index contributed by atoms with van der Waals surface area (Å²) in [4.78, 5) is 11.8. The van der Waals surface area contributed by atoms with Crippen LogP contribution in [0.25, 0.3) is 0 Å². The Morgan fingerprint density at radius 3 is 2.67 bits per heavy atom. The molecular formula is C13H23NO4. The van der Waals surface area contributed by atoms with Gasteiger partial charge in [-0.15, -0.1) is 0 Å². The summed E-state index contributed by atoms with van der Waals surface area (Å²) in [7, 11) is 0. The van der Waals surface area contributed by atoms with Gasteiger partial charge in [-0.1, -0.05) is 0 Å². The molecule has 5 heteroatoms. The minimum absolute atomic E-state index is 0.0216. The molecule has 0 aliphatic carbocycles. The molecule has 2 aliphatic heterocycles. The van der Waals surface area contributed by atoms with Gasteiger partial charge >= 0.3 is 5.97 Å². The predicted octanol–water partition coefficient (Wildman–Crippen LogP) is 1.21. The molecule has 104 valence electrons. The molecule has 2 heterocycles. The lowest BCUT2D eigenvalue weighted by atomic mass is 10.1. The first-order chi connectivity index (χ1) is 8.16. The number of hydrogen-bond acceptors (Lipinski definition) is 5. The van der Waals surface area contributed by atoms with Gasteiger partial charge in [-0.25, -0.2) is 0 Å². The molecule has 0 spiro atoms. The smallest absolute Gasteiger partial charge is 0.307 e. The Morgan fingerprint density at radius 2 is 2.06 bits per heavy atom. The molecule has 1 N–H and O–H groups in total. The summed E-state index contributed by atoms with van der Waals surface area (Å²) < 4.78 is 16.9. The van der Waals surface area contributed by atoms with E-state index < -0.39 is 11.4 Å². The lowest BCUT2D eigenvalue weighted by Crippen LogP contribution is -2.38. The maximum atomic E-state index is 11.8. The summed E-state index contributed by atoms with van der Waals surface area (Å²) in [5.41, 5.74) is -0.443. The van der Waals surface area contributed by atoms with Crippen LogP contribution in [0.3, 0.4) is 0 Å². The Kier molecular flexibility index (Phi) is 3.42. The molecule has 3 atom stereocenters. The van der Waals surface area contributed by atoms with Crippen LogP contribution in [-0.4, -0.2) is 42.2 Å². The molecule has 0 bridgehead atoms. The van der Waals surface area contributed by atoms with E-state index >= 15 is 0 Å². The minimum Gasteiger partial charge on any atom is -0.460 e. The fourth-order valence-corrected chi connectivity index (χ4v) is 2.50. The third kappa shape index (κ3) is 3.22. The maximum absolute atomic E-state index is 11.8. The molecule has 0 radical (unpaired) electrons. The van der Waals surface area contributed by atoms with Crippen LogP contribution < -0.4 is 5.32 Å². The van der Waals surface area contributed by atoms with E-state index in [0.29, 0.717) is 6.42 Å². The van der Waals surface area contributed by atoms with E-state index in [9.17, 15) is 4.79 Å². The lowest BCUT2D eigenvalue weighted by molar-refractivity contribution is -0.162. The second-order valence-corrected chi connectivity index (χ2v) is 6.44. The normalized spacial score (nSPS) is 34.4. The zero-order valence-electron chi connectivity index (χ0n) is 11.8. The molecule has 2 saturated heterocycles. The van der Waals surface area contributed by atoms with Crippen molar-refractivity contribution in [3.63, 3.8) is 0 Å². The first-order valence-electron chi connectivity index (χ1n) is 6.47. The SMILES string of the molecule is CC(C)(C)OC(=O)CC1NCC2OC(C)(C)OC12. The maximum Gasteiger partial charge on any atom is 0.307 e. The lowest BCUT2D eigenvalue weighted by Gasteiger charge is -2.24. The topological polar surface area (TPSA) is 56.8 Å². The third-order valence-corrected chi connectivity index (χ3v) is 3.01. The number of carbonyl (C=O) groups is 1. The van der Waals surface area contributed by atoms with Crippen LogP contribution in [0.4, 0.5) is 0 Å². The summed E-state index contributed by atoms with van der Waals surface area (Å²) in [6.45, 7) is 10.1. The van der Waals surface area contributed by atoms with Gasteiger partial charge in [-0.3, -0.25) is 4.79 Å². The number of hydrogen-bond donors (Lipinski definition) is 1. The Balaban J connectivity index is 1.90. The fraction of sp³-hybridized carbons (Fsp3) is 0.923. The number of ether oxygens (including phenoxy) is 3. The van der Waals surface area contributed by atoms with Gasteiger partial charge in [0.25, 0.3) is 0 Å². The van der Waals surface area contributed by atoms with Crippen LogP contribution in [0, 0.1) is 0 Å². The molecule has 0 saturated carbocycles. The van der Waals surface area contributed by atoms with Gasteiger partial charge in [-0.05, 0) is 34.6 Å². The van der Waals surface area contributed by atoms with Crippen LogP contribution >= 0.6 is 0 Å². The number of esters is 1. The van der Waals surface area contributed by atoms with Crippen molar-refractivity contribution in [3.05, 3.63) is 0 Å². The molecule has 0 aromatic heterocycles. The van der Waals surface area contributed by atoms with Crippen molar-refractivity contribution < 1.29 is 19.0 Å². The Labute approximate surface area is 108 Å². The van der Waals surface area contributed by atoms with Crippen molar-refractivity contribution in [1.29, 1.82) is 0 Å². The monoisotopic (exact) mass is 257 g/mol. The molecule has 2 aliphatic rings. The third-order valence-electron chi connectivity index (χ3n) is 3.01.